The van der Waals surface area contributed by atoms with Crippen LogP contribution in [0.15, 0.2) is 48.7 Å². The van der Waals surface area contributed by atoms with Crippen molar-refractivity contribution in [1.29, 1.82) is 0 Å². The first-order chi connectivity index (χ1) is 12.7. The lowest BCUT2D eigenvalue weighted by Gasteiger charge is -2.28. The van der Waals surface area contributed by atoms with Gasteiger partial charge in [-0.1, -0.05) is 30.3 Å². The van der Waals surface area contributed by atoms with Crippen molar-refractivity contribution in [2.24, 2.45) is 7.05 Å². The van der Waals surface area contributed by atoms with Crippen LogP contribution < -0.4 is 0 Å². The van der Waals surface area contributed by atoms with Gasteiger partial charge < -0.3 is 14.0 Å². The van der Waals surface area contributed by atoms with Crippen molar-refractivity contribution in [3.05, 3.63) is 60.2 Å². The molecule has 26 heavy (non-hydrogen) atoms. The number of hydrogen-bond donors (Lipinski definition) is 0. The third kappa shape index (κ3) is 2.29. The molecule has 2 aromatic heterocycles. The Balaban J connectivity index is 1.51. The number of nitrogens with zero attached hydrogens (tertiary/aromatic N) is 5. The van der Waals surface area contributed by atoms with E-state index in [9.17, 15) is 4.79 Å². The van der Waals surface area contributed by atoms with Gasteiger partial charge in [-0.2, -0.15) is 0 Å². The summed E-state index contributed by atoms with van der Waals surface area (Å²) >= 11 is 0. The van der Waals surface area contributed by atoms with Crippen molar-refractivity contribution in [2.45, 2.75) is 37.9 Å². The number of aryl methyl sites for hydroxylation is 1. The van der Waals surface area contributed by atoms with Crippen LogP contribution in [0.3, 0.4) is 0 Å². The molecule has 6 nitrogen and oxygen atoms in total. The molecule has 132 valence electrons. The van der Waals surface area contributed by atoms with Crippen LogP contribution in [0.25, 0.3) is 11.4 Å². The lowest BCUT2D eigenvalue weighted by molar-refractivity contribution is 0.0656. The predicted octanol–water partition coefficient (Wildman–Crippen LogP) is 2.51. The van der Waals surface area contributed by atoms with Crippen molar-refractivity contribution >= 4 is 5.91 Å². The minimum atomic E-state index is 0.130. The molecule has 5 rings (SSSR count). The number of hydrogen-bond acceptors (Lipinski definition) is 3. The highest BCUT2D eigenvalue weighted by molar-refractivity contribution is 5.93. The summed E-state index contributed by atoms with van der Waals surface area (Å²) in [6, 6.07) is 14.4. The highest BCUT2D eigenvalue weighted by Crippen LogP contribution is 2.34. The van der Waals surface area contributed by atoms with Crippen LogP contribution in [0.1, 0.15) is 29.2 Å². The molecule has 2 bridgehead atoms. The number of amides is 1. The molecule has 6 heteroatoms. The van der Waals surface area contributed by atoms with E-state index < -0.39 is 0 Å². The normalized spacial score (nSPS) is 21.5. The van der Waals surface area contributed by atoms with E-state index in [4.69, 9.17) is 0 Å². The number of fused-ring (bicyclic) bond motifs is 3. The quantitative estimate of drug-likeness (QED) is 0.716. The van der Waals surface area contributed by atoms with Gasteiger partial charge in [0.15, 0.2) is 5.82 Å². The standard InChI is InChI=1S/C20H21N5O/c1-23-11-5-8-17(23)20(26)25-15-9-10-16(25)13-24-18(12-15)21-22-19(24)14-6-3-2-4-7-14/h2-8,11,15-16H,9-10,12-13H2,1H3/t15-,16+/m0/s1. The molecule has 2 aliphatic rings. The number of carbonyl (C=O) groups excluding carboxylic acids is 1. The average Bonchev–Trinajstić information content (AvgIpc) is 3.32. The van der Waals surface area contributed by atoms with E-state index in [-0.39, 0.29) is 18.0 Å². The zero-order chi connectivity index (χ0) is 17.7. The third-order valence-corrected chi connectivity index (χ3v) is 5.69. The van der Waals surface area contributed by atoms with Gasteiger partial charge in [0.25, 0.3) is 5.91 Å². The molecule has 0 aliphatic carbocycles. The van der Waals surface area contributed by atoms with Crippen LogP contribution in [-0.4, -0.2) is 42.2 Å². The molecule has 1 saturated heterocycles. The fourth-order valence-electron chi connectivity index (χ4n) is 4.39. The molecule has 3 aromatic rings. The first-order valence-corrected chi connectivity index (χ1v) is 9.14. The molecule has 4 heterocycles. The second-order valence-corrected chi connectivity index (χ2v) is 7.22. The molecule has 0 spiro atoms. The van der Waals surface area contributed by atoms with Gasteiger partial charge in [0.2, 0.25) is 0 Å². The summed E-state index contributed by atoms with van der Waals surface area (Å²) in [7, 11) is 1.93. The van der Waals surface area contributed by atoms with Gasteiger partial charge in [-0.05, 0) is 25.0 Å². The van der Waals surface area contributed by atoms with Crippen LogP contribution in [0.5, 0.6) is 0 Å². The second kappa shape index (κ2) is 5.83. The smallest absolute Gasteiger partial charge is 0.271 e. The largest absolute Gasteiger partial charge is 0.347 e. The maximum Gasteiger partial charge on any atom is 0.271 e. The molecular formula is C20H21N5O. The molecule has 0 unspecified atom stereocenters. The van der Waals surface area contributed by atoms with E-state index in [1.54, 1.807) is 0 Å². The third-order valence-electron chi connectivity index (χ3n) is 5.69. The summed E-state index contributed by atoms with van der Waals surface area (Å²) in [5, 5.41) is 8.90. The maximum absolute atomic E-state index is 13.2. The van der Waals surface area contributed by atoms with Gasteiger partial charge in [0.05, 0.1) is 6.04 Å². The summed E-state index contributed by atoms with van der Waals surface area (Å²) in [5.74, 6) is 2.02. The van der Waals surface area contributed by atoms with Crippen LogP contribution in [0.2, 0.25) is 0 Å². The number of aromatic nitrogens is 4. The van der Waals surface area contributed by atoms with Crippen LogP contribution in [0, 0.1) is 0 Å². The Hall–Kier alpha value is -2.89. The van der Waals surface area contributed by atoms with E-state index in [0.29, 0.717) is 0 Å². The molecule has 0 radical (unpaired) electrons. The first-order valence-electron chi connectivity index (χ1n) is 9.14. The van der Waals surface area contributed by atoms with Gasteiger partial charge >= 0.3 is 0 Å². The van der Waals surface area contributed by atoms with Crippen molar-refractivity contribution in [2.75, 3.05) is 0 Å². The number of benzene rings is 1. The lowest BCUT2D eigenvalue weighted by atomic mass is 10.1. The zero-order valence-electron chi connectivity index (χ0n) is 14.7. The molecule has 1 amide bonds. The molecule has 1 aromatic carbocycles. The van der Waals surface area contributed by atoms with Crippen LogP contribution in [0.4, 0.5) is 0 Å². The molecule has 0 N–H and O–H groups in total. The van der Waals surface area contributed by atoms with Crippen LogP contribution in [-0.2, 0) is 20.0 Å². The highest BCUT2D eigenvalue weighted by Gasteiger charge is 2.41. The van der Waals surface area contributed by atoms with Gasteiger partial charge in [-0.3, -0.25) is 4.79 Å². The fraction of sp³-hybridized carbons (Fsp3) is 0.350. The van der Waals surface area contributed by atoms with E-state index in [0.717, 1.165) is 48.7 Å². The van der Waals surface area contributed by atoms with Crippen LogP contribution >= 0.6 is 0 Å². The lowest BCUT2D eigenvalue weighted by Crippen LogP contribution is -2.42. The topological polar surface area (TPSA) is 56.0 Å². The highest BCUT2D eigenvalue weighted by atomic mass is 16.2. The Morgan fingerprint density at radius 3 is 2.62 bits per heavy atom. The average molecular weight is 347 g/mol. The Labute approximate surface area is 152 Å². The van der Waals surface area contributed by atoms with E-state index in [1.165, 1.54) is 0 Å². The Morgan fingerprint density at radius 1 is 1.04 bits per heavy atom. The van der Waals surface area contributed by atoms with Crippen molar-refractivity contribution in [3.63, 3.8) is 0 Å². The van der Waals surface area contributed by atoms with Crippen molar-refractivity contribution < 1.29 is 4.79 Å². The SMILES string of the molecule is Cn1cccc1C(=O)N1[C@@H]2CC[C@H]1Cc1nnc(-c3ccccc3)n1C2. The molecular weight excluding hydrogens is 326 g/mol. The predicted molar refractivity (Wildman–Crippen MR) is 97.6 cm³/mol. The summed E-state index contributed by atoms with van der Waals surface area (Å²) in [6.07, 6.45) is 4.77. The fourth-order valence-corrected chi connectivity index (χ4v) is 4.39. The Morgan fingerprint density at radius 2 is 1.85 bits per heavy atom. The number of rotatable bonds is 2. The zero-order valence-corrected chi connectivity index (χ0v) is 14.7. The molecule has 1 fully saturated rings. The summed E-state index contributed by atoms with van der Waals surface area (Å²) in [6.45, 7) is 0.763. The van der Waals surface area contributed by atoms with Gasteiger partial charge in [-0.25, -0.2) is 0 Å². The van der Waals surface area contributed by atoms with E-state index in [2.05, 4.69) is 31.8 Å². The summed E-state index contributed by atoms with van der Waals surface area (Å²) in [4.78, 5) is 15.3. The van der Waals surface area contributed by atoms with E-state index >= 15 is 0 Å². The van der Waals surface area contributed by atoms with Crippen molar-refractivity contribution in [1.82, 2.24) is 24.2 Å². The maximum atomic E-state index is 13.2. The minimum Gasteiger partial charge on any atom is -0.347 e. The van der Waals surface area contributed by atoms with E-state index in [1.807, 2.05) is 48.1 Å². The number of carbonyl (C=O) groups is 1. The minimum absolute atomic E-state index is 0.130. The second-order valence-electron chi connectivity index (χ2n) is 7.22. The van der Waals surface area contributed by atoms with Gasteiger partial charge in [0, 0.05) is 37.8 Å². The van der Waals surface area contributed by atoms with Crippen molar-refractivity contribution in [3.8, 4) is 11.4 Å². The Bertz CT molecular complexity index is 958. The summed E-state index contributed by atoms with van der Waals surface area (Å²) in [5.41, 5.74) is 1.83. The monoisotopic (exact) mass is 347 g/mol. The van der Waals surface area contributed by atoms with Gasteiger partial charge in [0.1, 0.15) is 11.5 Å². The molecule has 2 atom stereocenters. The Kier molecular flexibility index (Phi) is 3.45. The van der Waals surface area contributed by atoms with Gasteiger partial charge in [-0.15, -0.1) is 10.2 Å². The molecule has 2 aliphatic heterocycles. The molecule has 0 saturated carbocycles. The summed E-state index contributed by atoms with van der Waals surface area (Å²) < 4.78 is 4.12. The first kappa shape index (κ1) is 15.4.